The Morgan fingerprint density at radius 1 is 1.32 bits per heavy atom. The van der Waals surface area contributed by atoms with Crippen LogP contribution >= 0.6 is 0 Å². The van der Waals surface area contributed by atoms with Crippen molar-refractivity contribution in [3.63, 3.8) is 0 Å². The Labute approximate surface area is 128 Å². The van der Waals surface area contributed by atoms with Gasteiger partial charge in [0.1, 0.15) is 5.69 Å². The number of carbonyl (C=O) groups is 1. The first kappa shape index (κ1) is 14.8. The SMILES string of the molecule is CN(C(=O)c1ocnc1-c1ccccc1)C1CCS(=O)(=O)C1. The number of benzene rings is 1. The van der Waals surface area contributed by atoms with Crippen LogP contribution in [0.5, 0.6) is 0 Å². The Morgan fingerprint density at radius 2 is 2.05 bits per heavy atom. The highest BCUT2D eigenvalue weighted by Gasteiger charge is 2.34. The summed E-state index contributed by atoms with van der Waals surface area (Å²) >= 11 is 0. The van der Waals surface area contributed by atoms with Gasteiger partial charge in [0.25, 0.3) is 5.91 Å². The van der Waals surface area contributed by atoms with Crippen LogP contribution < -0.4 is 0 Å². The third kappa shape index (κ3) is 2.76. The van der Waals surface area contributed by atoms with Gasteiger partial charge in [0.2, 0.25) is 5.76 Å². The van der Waals surface area contributed by atoms with Gasteiger partial charge in [-0.25, -0.2) is 13.4 Å². The molecule has 0 radical (unpaired) electrons. The second-order valence-corrected chi connectivity index (χ2v) is 7.60. The minimum atomic E-state index is -3.05. The fourth-order valence-corrected chi connectivity index (χ4v) is 4.38. The van der Waals surface area contributed by atoms with Crippen molar-refractivity contribution in [3.8, 4) is 11.3 Å². The van der Waals surface area contributed by atoms with E-state index in [4.69, 9.17) is 4.42 Å². The monoisotopic (exact) mass is 320 g/mol. The lowest BCUT2D eigenvalue weighted by molar-refractivity contribution is 0.0716. The van der Waals surface area contributed by atoms with Crippen molar-refractivity contribution in [1.29, 1.82) is 0 Å². The van der Waals surface area contributed by atoms with E-state index in [1.807, 2.05) is 30.3 Å². The van der Waals surface area contributed by atoms with Crippen LogP contribution in [0, 0.1) is 0 Å². The van der Waals surface area contributed by atoms with Gasteiger partial charge >= 0.3 is 0 Å². The standard InChI is InChI=1S/C15H16N2O4S/c1-17(12-7-8-22(19,20)9-12)15(18)14-13(16-10-21-14)11-5-3-2-4-6-11/h2-6,10,12H,7-9H2,1H3. The molecule has 1 unspecified atom stereocenters. The molecule has 3 rings (SSSR count). The van der Waals surface area contributed by atoms with E-state index in [2.05, 4.69) is 4.98 Å². The molecule has 2 aromatic rings. The maximum atomic E-state index is 12.6. The average Bonchev–Trinajstić information content (AvgIpc) is 3.13. The molecule has 6 nitrogen and oxygen atoms in total. The van der Waals surface area contributed by atoms with E-state index in [1.54, 1.807) is 7.05 Å². The molecule has 0 bridgehead atoms. The molecule has 1 fully saturated rings. The van der Waals surface area contributed by atoms with Gasteiger partial charge in [0, 0.05) is 18.7 Å². The van der Waals surface area contributed by atoms with E-state index in [9.17, 15) is 13.2 Å². The number of oxazole rings is 1. The molecule has 1 aliphatic rings. The van der Waals surface area contributed by atoms with E-state index < -0.39 is 9.84 Å². The molecule has 116 valence electrons. The minimum absolute atomic E-state index is 0.00402. The molecule has 1 aliphatic heterocycles. The second-order valence-electron chi connectivity index (χ2n) is 5.37. The third-order valence-electron chi connectivity index (χ3n) is 3.89. The highest BCUT2D eigenvalue weighted by atomic mass is 32.2. The second kappa shape index (κ2) is 5.57. The first-order chi connectivity index (χ1) is 10.5. The van der Waals surface area contributed by atoms with Crippen molar-refractivity contribution in [3.05, 3.63) is 42.5 Å². The van der Waals surface area contributed by atoms with E-state index in [0.29, 0.717) is 12.1 Å². The number of nitrogens with zero attached hydrogens (tertiary/aromatic N) is 2. The molecule has 1 aromatic heterocycles. The molecule has 1 saturated heterocycles. The fourth-order valence-electron chi connectivity index (χ4n) is 2.61. The van der Waals surface area contributed by atoms with Crippen LogP contribution in [0.25, 0.3) is 11.3 Å². The predicted molar refractivity (Wildman–Crippen MR) is 81.1 cm³/mol. The minimum Gasteiger partial charge on any atom is -0.438 e. The van der Waals surface area contributed by atoms with Crippen LogP contribution in [0.4, 0.5) is 0 Å². The summed E-state index contributed by atoms with van der Waals surface area (Å²) in [4.78, 5) is 18.1. The summed E-state index contributed by atoms with van der Waals surface area (Å²) in [7, 11) is -1.44. The van der Waals surface area contributed by atoms with E-state index in [1.165, 1.54) is 11.3 Å². The summed E-state index contributed by atoms with van der Waals surface area (Å²) in [5.41, 5.74) is 1.25. The number of hydrogen-bond acceptors (Lipinski definition) is 5. The maximum absolute atomic E-state index is 12.6. The summed E-state index contributed by atoms with van der Waals surface area (Å²) in [5.74, 6) is -0.0853. The predicted octanol–water partition coefficient (Wildman–Crippen LogP) is 1.60. The highest BCUT2D eigenvalue weighted by molar-refractivity contribution is 7.91. The van der Waals surface area contributed by atoms with E-state index in [0.717, 1.165) is 5.56 Å². The number of carbonyl (C=O) groups excluding carboxylic acids is 1. The molecule has 1 amide bonds. The van der Waals surface area contributed by atoms with E-state index >= 15 is 0 Å². The molecular weight excluding hydrogens is 304 g/mol. The topological polar surface area (TPSA) is 80.5 Å². The molecule has 1 atom stereocenters. The number of hydrogen-bond donors (Lipinski definition) is 0. The van der Waals surface area contributed by atoms with Crippen molar-refractivity contribution in [2.45, 2.75) is 12.5 Å². The molecule has 0 N–H and O–H groups in total. The van der Waals surface area contributed by atoms with Gasteiger partial charge in [-0.15, -0.1) is 0 Å². The van der Waals surface area contributed by atoms with Crippen LogP contribution in [-0.4, -0.2) is 48.8 Å². The molecule has 0 saturated carbocycles. The number of sulfone groups is 1. The van der Waals surface area contributed by atoms with Crippen LogP contribution in [0.3, 0.4) is 0 Å². The van der Waals surface area contributed by atoms with Gasteiger partial charge < -0.3 is 9.32 Å². The quantitative estimate of drug-likeness (QED) is 0.858. The van der Waals surface area contributed by atoms with Crippen LogP contribution in [0.2, 0.25) is 0 Å². The van der Waals surface area contributed by atoms with Crippen LogP contribution in [-0.2, 0) is 9.84 Å². The molecule has 0 aliphatic carbocycles. The van der Waals surface area contributed by atoms with Crippen molar-refractivity contribution >= 4 is 15.7 Å². The highest BCUT2D eigenvalue weighted by Crippen LogP contribution is 2.25. The van der Waals surface area contributed by atoms with E-state index in [-0.39, 0.29) is 29.2 Å². The normalized spacial score (nSPS) is 20.0. The molecule has 0 spiro atoms. The van der Waals surface area contributed by atoms with Gasteiger partial charge in [-0.2, -0.15) is 0 Å². The lowest BCUT2D eigenvalue weighted by Crippen LogP contribution is -2.37. The van der Waals surface area contributed by atoms with Gasteiger partial charge in [-0.3, -0.25) is 4.79 Å². The molecule has 7 heteroatoms. The van der Waals surface area contributed by atoms with Gasteiger partial charge in [-0.05, 0) is 6.42 Å². The average molecular weight is 320 g/mol. The summed E-state index contributed by atoms with van der Waals surface area (Å²) in [6.07, 6.45) is 1.69. The largest absolute Gasteiger partial charge is 0.438 e. The van der Waals surface area contributed by atoms with Crippen LogP contribution in [0.15, 0.2) is 41.1 Å². The molecule has 22 heavy (non-hydrogen) atoms. The van der Waals surface area contributed by atoms with Crippen molar-refractivity contribution in [2.24, 2.45) is 0 Å². The zero-order chi connectivity index (χ0) is 15.7. The smallest absolute Gasteiger partial charge is 0.291 e. The summed E-state index contributed by atoms with van der Waals surface area (Å²) in [5, 5.41) is 0. The summed E-state index contributed by atoms with van der Waals surface area (Å²) in [6, 6.07) is 8.95. The Bertz CT molecular complexity index is 783. The van der Waals surface area contributed by atoms with Gasteiger partial charge in [0.05, 0.1) is 11.5 Å². The third-order valence-corrected chi connectivity index (χ3v) is 5.64. The van der Waals surface area contributed by atoms with Gasteiger partial charge in [0.15, 0.2) is 16.2 Å². The van der Waals surface area contributed by atoms with Crippen molar-refractivity contribution < 1.29 is 17.6 Å². The maximum Gasteiger partial charge on any atom is 0.291 e. The summed E-state index contributed by atoms with van der Waals surface area (Å²) in [6.45, 7) is 0. The van der Waals surface area contributed by atoms with Crippen LogP contribution in [0.1, 0.15) is 17.0 Å². The Hall–Kier alpha value is -2.15. The van der Waals surface area contributed by atoms with Crippen molar-refractivity contribution in [2.75, 3.05) is 18.6 Å². The molecular formula is C15H16N2O4S. The number of amides is 1. The fraction of sp³-hybridized carbons (Fsp3) is 0.333. The number of aromatic nitrogens is 1. The molecule has 2 heterocycles. The lowest BCUT2D eigenvalue weighted by atomic mass is 10.1. The Morgan fingerprint density at radius 3 is 2.68 bits per heavy atom. The van der Waals surface area contributed by atoms with Gasteiger partial charge in [-0.1, -0.05) is 30.3 Å². The summed E-state index contributed by atoms with van der Waals surface area (Å²) < 4.78 is 28.4. The Balaban J connectivity index is 1.86. The Kier molecular flexibility index (Phi) is 3.74. The first-order valence-corrected chi connectivity index (χ1v) is 8.76. The number of rotatable bonds is 3. The molecule has 1 aromatic carbocycles. The lowest BCUT2D eigenvalue weighted by Gasteiger charge is -2.22. The zero-order valence-corrected chi connectivity index (χ0v) is 12.9. The zero-order valence-electron chi connectivity index (χ0n) is 12.1. The van der Waals surface area contributed by atoms with Crippen molar-refractivity contribution in [1.82, 2.24) is 9.88 Å². The first-order valence-electron chi connectivity index (χ1n) is 6.94.